The van der Waals surface area contributed by atoms with Gasteiger partial charge in [-0.25, -0.2) is 0 Å². The van der Waals surface area contributed by atoms with Crippen LogP contribution in [0.1, 0.15) is 18.0 Å². The van der Waals surface area contributed by atoms with Gasteiger partial charge in [-0.2, -0.15) is 0 Å². The fourth-order valence-electron chi connectivity index (χ4n) is 3.11. The predicted molar refractivity (Wildman–Crippen MR) is 87.6 cm³/mol. The molecular weight excluding hydrogens is 260 g/mol. The van der Waals surface area contributed by atoms with Crippen LogP contribution in [0.5, 0.6) is 5.75 Å². The molecule has 0 radical (unpaired) electrons. The van der Waals surface area contributed by atoms with E-state index in [9.17, 15) is 5.11 Å². The van der Waals surface area contributed by atoms with Gasteiger partial charge in [-0.15, -0.1) is 6.58 Å². The van der Waals surface area contributed by atoms with Crippen LogP contribution >= 0.6 is 0 Å². The Kier molecular flexibility index (Phi) is 4.23. The second-order valence-corrected chi connectivity index (χ2v) is 5.62. The van der Waals surface area contributed by atoms with Crippen LogP contribution in [0, 0.1) is 0 Å². The van der Waals surface area contributed by atoms with Gasteiger partial charge in [0.2, 0.25) is 0 Å². The summed E-state index contributed by atoms with van der Waals surface area (Å²) in [5.74, 6) is 0.319. The second-order valence-electron chi connectivity index (χ2n) is 5.62. The predicted octanol–water partition coefficient (Wildman–Crippen LogP) is 3.07. The van der Waals surface area contributed by atoms with Gasteiger partial charge in [0, 0.05) is 32.2 Å². The van der Waals surface area contributed by atoms with Gasteiger partial charge in [0.25, 0.3) is 0 Å². The summed E-state index contributed by atoms with van der Waals surface area (Å²) < 4.78 is 0. The first-order valence-electron chi connectivity index (χ1n) is 7.56. The fraction of sp³-hybridized carbons (Fsp3) is 0.333. The van der Waals surface area contributed by atoms with E-state index in [1.165, 1.54) is 10.9 Å². The Hall–Kier alpha value is -1.84. The van der Waals surface area contributed by atoms with E-state index in [-0.39, 0.29) is 0 Å². The molecule has 0 unspecified atom stereocenters. The van der Waals surface area contributed by atoms with Crippen molar-refractivity contribution in [2.24, 2.45) is 0 Å². The lowest BCUT2D eigenvalue weighted by Gasteiger charge is -2.35. The van der Waals surface area contributed by atoms with Crippen LogP contribution in [-0.4, -0.2) is 36.2 Å². The Morgan fingerprint density at radius 2 is 1.86 bits per heavy atom. The zero-order chi connectivity index (χ0) is 14.7. The smallest absolute Gasteiger partial charge is 0.116 e. The average molecular weight is 282 g/mol. The summed E-state index contributed by atoms with van der Waals surface area (Å²) in [6.45, 7) is 8.17. The molecular formula is C18H22N2O. The quantitative estimate of drug-likeness (QED) is 0.846. The molecule has 3 rings (SSSR count). The maximum absolute atomic E-state index is 9.57. The number of hydrogen-bond acceptors (Lipinski definition) is 3. The number of nitrogens with zero attached hydrogens (tertiary/aromatic N) is 1. The van der Waals surface area contributed by atoms with Crippen molar-refractivity contribution in [2.75, 3.05) is 26.2 Å². The van der Waals surface area contributed by atoms with Crippen molar-refractivity contribution in [2.45, 2.75) is 12.5 Å². The van der Waals surface area contributed by atoms with E-state index < -0.39 is 0 Å². The Morgan fingerprint density at radius 3 is 2.62 bits per heavy atom. The number of phenolic OH excluding ortho intramolecular Hbond substituents is 1. The van der Waals surface area contributed by atoms with Gasteiger partial charge in [-0.05, 0) is 41.0 Å². The molecule has 3 heteroatoms. The molecule has 0 aromatic heterocycles. The Morgan fingerprint density at radius 1 is 1.14 bits per heavy atom. The summed E-state index contributed by atoms with van der Waals surface area (Å²) in [4.78, 5) is 2.53. The van der Waals surface area contributed by atoms with Crippen molar-refractivity contribution in [3.63, 3.8) is 0 Å². The molecule has 21 heavy (non-hydrogen) atoms. The first kappa shape index (κ1) is 14.1. The lowest BCUT2D eigenvalue weighted by molar-refractivity contribution is 0.174. The first-order valence-corrected chi connectivity index (χ1v) is 7.56. The van der Waals surface area contributed by atoms with E-state index in [0.29, 0.717) is 11.8 Å². The maximum atomic E-state index is 9.57. The van der Waals surface area contributed by atoms with Crippen LogP contribution in [0.2, 0.25) is 0 Å². The van der Waals surface area contributed by atoms with E-state index >= 15 is 0 Å². The van der Waals surface area contributed by atoms with Crippen molar-refractivity contribution < 1.29 is 5.11 Å². The molecule has 0 bridgehead atoms. The first-order chi connectivity index (χ1) is 10.3. The van der Waals surface area contributed by atoms with E-state index in [1.807, 2.05) is 18.2 Å². The highest BCUT2D eigenvalue weighted by Crippen LogP contribution is 2.29. The van der Waals surface area contributed by atoms with Crippen molar-refractivity contribution in [1.29, 1.82) is 0 Å². The van der Waals surface area contributed by atoms with E-state index in [0.717, 1.165) is 38.0 Å². The molecule has 1 fully saturated rings. The normalized spacial score (nSPS) is 17.7. The molecule has 2 N–H and O–H groups in total. The third kappa shape index (κ3) is 3.09. The van der Waals surface area contributed by atoms with Crippen LogP contribution in [0.25, 0.3) is 10.8 Å². The number of piperazine rings is 1. The van der Waals surface area contributed by atoms with Crippen LogP contribution in [0.4, 0.5) is 0 Å². The minimum atomic E-state index is 0.319. The number of benzene rings is 2. The van der Waals surface area contributed by atoms with Crippen LogP contribution in [0.3, 0.4) is 0 Å². The second kappa shape index (κ2) is 6.29. The lowest BCUT2D eigenvalue weighted by Crippen LogP contribution is -2.45. The monoisotopic (exact) mass is 282 g/mol. The van der Waals surface area contributed by atoms with Crippen molar-refractivity contribution in [1.82, 2.24) is 10.2 Å². The van der Waals surface area contributed by atoms with Gasteiger partial charge >= 0.3 is 0 Å². The topological polar surface area (TPSA) is 35.5 Å². The minimum absolute atomic E-state index is 0.319. The van der Waals surface area contributed by atoms with Gasteiger partial charge in [-0.1, -0.05) is 24.3 Å². The van der Waals surface area contributed by atoms with Gasteiger partial charge in [0.05, 0.1) is 0 Å². The molecule has 2 aromatic rings. The van der Waals surface area contributed by atoms with E-state index in [2.05, 4.69) is 35.0 Å². The average Bonchev–Trinajstić information content (AvgIpc) is 2.53. The molecule has 0 saturated carbocycles. The number of fused-ring (bicyclic) bond motifs is 1. The number of nitrogens with one attached hydrogen (secondary N) is 1. The third-order valence-electron chi connectivity index (χ3n) is 4.21. The molecule has 0 aliphatic carbocycles. The molecule has 3 nitrogen and oxygen atoms in total. The Labute approximate surface area is 125 Å². The highest BCUT2D eigenvalue weighted by atomic mass is 16.3. The number of hydrogen-bond donors (Lipinski definition) is 2. The van der Waals surface area contributed by atoms with Crippen LogP contribution in [-0.2, 0) is 0 Å². The summed E-state index contributed by atoms with van der Waals surface area (Å²) in [5.41, 5.74) is 1.33. The molecule has 1 heterocycles. The standard InChI is InChI=1S/C18H22N2O/c1-2-3-18(20-10-8-19-9-11-20)16-5-4-15-13-17(21)7-6-14(15)12-16/h2,4-7,12-13,18-19,21H,1,3,8-11H2/t18-/m0/s1. The largest absolute Gasteiger partial charge is 0.508 e. The maximum Gasteiger partial charge on any atom is 0.116 e. The van der Waals surface area contributed by atoms with E-state index in [4.69, 9.17) is 0 Å². The van der Waals surface area contributed by atoms with Crippen molar-refractivity contribution in [3.05, 3.63) is 54.6 Å². The van der Waals surface area contributed by atoms with Gasteiger partial charge in [0.1, 0.15) is 5.75 Å². The molecule has 110 valence electrons. The number of aromatic hydroxyl groups is 1. The molecule has 2 aromatic carbocycles. The van der Waals surface area contributed by atoms with Gasteiger partial charge in [-0.3, -0.25) is 4.90 Å². The zero-order valence-electron chi connectivity index (χ0n) is 12.3. The zero-order valence-corrected chi connectivity index (χ0v) is 12.3. The Bertz CT molecular complexity index is 632. The van der Waals surface area contributed by atoms with Crippen molar-refractivity contribution in [3.8, 4) is 5.75 Å². The summed E-state index contributed by atoms with van der Waals surface area (Å²) in [6, 6.07) is 12.5. The molecule has 1 aliphatic rings. The fourth-order valence-corrected chi connectivity index (χ4v) is 3.11. The molecule has 1 saturated heterocycles. The summed E-state index contributed by atoms with van der Waals surface area (Å²) in [6.07, 6.45) is 2.97. The number of rotatable bonds is 4. The SMILES string of the molecule is C=CC[C@@H](c1ccc2cc(O)ccc2c1)N1CCNCC1. The minimum Gasteiger partial charge on any atom is -0.508 e. The summed E-state index contributed by atoms with van der Waals surface area (Å²) in [5, 5.41) is 15.2. The molecule has 0 spiro atoms. The highest BCUT2D eigenvalue weighted by Gasteiger charge is 2.21. The molecule has 0 amide bonds. The van der Waals surface area contributed by atoms with Gasteiger partial charge in [0.15, 0.2) is 0 Å². The molecule has 1 aliphatic heterocycles. The van der Waals surface area contributed by atoms with E-state index in [1.54, 1.807) is 6.07 Å². The van der Waals surface area contributed by atoms with Crippen LogP contribution < -0.4 is 5.32 Å². The van der Waals surface area contributed by atoms with Crippen molar-refractivity contribution >= 4 is 10.8 Å². The Balaban J connectivity index is 1.94. The number of phenols is 1. The summed E-state index contributed by atoms with van der Waals surface area (Å²) in [7, 11) is 0. The third-order valence-corrected chi connectivity index (χ3v) is 4.21. The lowest BCUT2D eigenvalue weighted by atomic mass is 9.98. The van der Waals surface area contributed by atoms with Gasteiger partial charge < -0.3 is 10.4 Å². The van der Waals surface area contributed by atoms with Crippen LogP contribution in [0.15, 0.2) is 49.1 Å². The summed E-state index contributed by atoms with van der Waals surface area (Å²) >= 11 is 0. The highest BCUT2D eigenvalue weighted by molar-refractivity contribution is 5.84. The molecule has 1 atom stereocenters.